The van der Waals surface area contributed by atoms with E-state index in [4.69, 9.17) is 13.9 Å². The fraction of sp³-hybridized carbons (Fsp3) is 0.214. The molecule has 0 radical (unpaired) electrons. The highest BCUT2D eigenvalue weighted by molar-refractivity contribution is 6.97. The Kier molecular flexibility index (Phi) is 9.83. The Labute approximate surface area is 207 Å². The molecule has 0 bridgehead atoms. The minimum Gasteiger partial charge on any atom is -0.467 e. The molecule has 3 rings (SSSR count). The molecule has 182 valence electrons. The van der Waals surface area contributed by atoms with Gasteiger partial charge in [-0.25, -0.2) is 9.59 Å². The molecule has 0 aliphatic rings. The fourth-order valence-corrected chi connectivity index (χ4v) is 7.91. The van der Waals surface area contributed by atoms with Crippen LogP contribution in [-0.2, 0) is 25.3 Å². The van der Waals surface area contributed by atoms with Gasteiger partial charge in [-0.3, -0.25) is 0 Å². The number of hydrogen-bond acceptors (Lipinski definition) is 5. The summed E-state index contributed by atoms with van der Waals surface area (Å²) < 4.78 is 17.1. The second kappa shape index (κ2) is 13.3. The number of methoxy groups -OCH3 is 1. The molecule has 1 N–H and O–H groups in total. The van der Waals surface area contributed by atoms with E-state index in [1.54, 1.807) is 0 Å². The lowest BCUT2D eigenvalue weighted by atomic mass is 10.2. The molecule has 0 spiro atoms. The number of carbonyl (C=O) groups excluding carboxylic acids is 2. The summed E-state index contributed by atoms with van der Waals surface area (Å²) in [5.74, 6) is -0.560. The summed E-state index contributed by atoms with van der Waals surface area (Å²) in [4.78, 5) is 25.1. The van der Waals surface area contributed by atoms with Crippen LogP contribution in [-0.4, -0.2) is 40.1 Å². The predicted molar refractivity (Wildman–Crippen MR) is 139 cm³/mol. The highest BCUT2D eigenvalue weighted by atomic mass is 28.4. The van der Waals surface area contributed by atoms with Gasteiger partial charge in [0.2, 0.25) is 0 Å². The molecule has 0 fully saturated rings. The van der Waals surface area contributed by atoms with E-state index in [0.717, 1.165) is 15.9 Å². The third-order valence-corrected chi connectivity index (χ3v) is 9.84. The molecule has 3 aromatic rings. The summed E-state index contributed by atoms with van der Waals surface area (Å²) >= 11 is 0. The van der Waals surface area contributed by atoms with Crippen molar-refractivity contribution in [2.24, 2.45) is 0 Å². The van der Waals surface area contributed by atoms with Gasteiger partial charge in [0.1, 0.15) is 6.61 Å². The first-order chi connectivity index (χ1) is 17.1. The van der Waals surface area contributed by atoms with Gasteiger partial charge in [-0.05, 0) is 28.4 Å². The van der Waals surface area contributed by atoms with Crippen molar-refractivity contribution >= 4 is 30.8 Å². The van der Waals surface area contributed by atoms with E-state index in [2.05, 4.69) is 11.9 Å². The molecule has 1 atom stereocenters. The monoisotopic (exact) mass is 489 g/mol. The number of amides is 1. The highest BCUT2D eigenvalue weighted by Gasteiger charge is 2.43. The number of esters is 1. The van der Waals surface area contributed by atoms with Crippen LogP contribution in [0.1, 0.15) is 12.0 Å². The molecule has 0 aromatic heterocycles. The summed E-state index contributed by atoms with van der Waals surface area (Å²) in [6, 6.07) is 29.9. The quantitative estimate of drug-likeness (QED) is 0.238. The number of rotatable bonds is 12. The Morgan fingerprint density at radius 1 is 0.914 bits per heavy atom. The van der Waals surface area contributed by atoms with Gasteiger partial charge in [-0.15, -0.1) is 6.58 Å². The van der Waals surface area contributed by atoms with E-state index >= 15 is 0 Å². The number of carbonyl (C=O) groups is 2. The Morgan fingerprint density at radius 2 is 1.46 bits per heavy atom. The van der Waals surface area contributed by atoms with Crippen LogP contribution in [0.2, 0.25) is 6.04 Å². The van der Waals surface area contributed by atoms with Crippen molar-refractivity contribution in [3.8, 4) is 0 Å². The number of ether oxygens (including phenoxy) is 2. The van der Waals surface area contributed by atoms with E-state index in [1.807, 2.05) is 97.1 Å². The van der Waals surface area contributed by atoms with Crippen LogP contribution < -0.4 is 15.7 Å². The number of nitrogens with one attached hydrogen (secondary N) is 1. The van der Waals surface area contributed by atoms with E-state index < -0.39 is 26.5 Å². The Bertz CT molecular complexity index is 1040. The molecule has 0 unspecified atom stereocenters. The molecule has 0 aliphatic heterocycles. The molecule has 7 heteroatoms. The predicted octanol–water partition coefficient (Wildman–Crippen LogP) is 3.81. The topological polar surface area (TPSA) is 73.9 Å². The maximum Gasteiger partial charge on any atom is 0.407 e. The van der Waals surface area contributed by atoms with Gasteiger partial charge >= 0.3 is 12.1 Å². The zero-order valence-corrected chi connectivity index (χ0v) is 20.9. The smallest absolute Gasteiger partial charge is 0.407 e. The van der Waals surface area contributed by atoms with Crippen molar-refractivity contribution in [1.82, 2.24) is 5.32 Å². The van der Waals surface area contributed by atoms with E-state index in [9.17, 15) is 9.59 Å². The third kappa shape index (κ3) is 7.15. The highest BCUT2D eigenvalue weighted by Crippen LogP contribution is 2.19. The lowest BCUT2D eigenvalue weighted by Crippen LogP contribution is -2.64. The van der Waals surface area contributed by atoms with Crippen molar-refractivity contribution in [1.29, 1.82) is 0 Å². The summed E-state index contributed by atoms with van der Waals surface area (Å²) in [5, 5.41) is 4.71. The number of allylic oxidation sites excluding steroid dienone is 1. The van der Waals surface area contributed by atoms with Crippen LogP contribution >= 0.6 is 0 Å². The number of alkyl carbamates (subject to hydrolysis) is 1. The van der Waals surface area contributed by atoms with Gasteiger partial charge < -0.3 is 19.2 Å². The van der Waals surface area contributed by atoms with Crippen molar-refractivity contribution in [2.75, 3.05) is 13.7 Å². The van der Waals surface area contributed by atoms with Crippen LogP contribution in [0.25, 0.3) is 0 Å². The average Bonchev–Trinajstić information content (AvgIpc) is 2.93. The molecule has 35 heavy (non-hydrogen) atoms. The first kappa shape index (κ1) is 25.9. The number of hydrogen-bond donors (Lipinski definition) is 1. The lowest BCUT2D eigenvalue weighted by molar-refractivity contribution is -0.148. The fourth-order valence-electron chi connectivity index (χ4n) is 3.87. The molecule has 0 heterocycles. The minimum absolute atomic E-state index is 0.0806. The van der Waals surface area contributed by atoms with Gasteiger partial charge in [-0.2, -0.15) is 0 Å². The molecular formula is C28H31NO5Si. The zero-order chi connectivity index (χ0) is 24.9. The van der Waals surface area contributed by atoms with E-state index in [1.165, 1.54) is 7.11 Å². The van der Waals surface area contributed by atoms with E-state index in [-0.39, 0.29) is 13.2 Å². The number of benzene rings is 3. The van der Waals surface area contributed by atoms with Crippen LogP contribution in [0.15, 0.2) is 104 Å². The first-order valence-electron chi connectivity index (χ1n) is 11.5. The normalized spacial score (nSPS) is 11.8. The van der Waals surface area contributed by atoms with Gasteiger partial charge in [-0.1, -0.05) is 97.1 Å². The van der Waals surface area contributed by atoms with Gasteiger partial charge in [0.05, 0.1) is 13.7 Å². The molecule has 0 saturated heterocycles. The van der Waals surface area contributed by atoms with Crippen molar-refractivity contribution < 1.29 is 23.5 Å². The average molecular weight is 490 g/mol. The summed E-state index contributed by atoms with van der Waals surface area (Å²) in [6.07, 6.45) is 0.907. The summed E-state index contributed by atoms with van der Waals surface area (Å²) in [5.41, 5.74) is 0.868. The Hall–Kier alpha value is -3.68. The Balaban J connectivity index is 1.84. The zero-order valence-electron chi connectivity index (χ0n) is 19.9. The molecule has 3 aromatic carbocycles. The maximum absolute atomic E-state index is 12.8. The van der Waals surface area contributed by atoms with Crippen LogP contribution in [0.5, 0.6) is 0 Å². The standard InChI is InChI=1S/C28H31NO5Si/c1-3-4-20-35(24-16-10-6-11-17-24,25-18-12-7-13-19-25)34-26(27(30)32-2)21-29-28(31)33-22-23-14-8-5-9-15-23/h3,5-19,26H,1,4,20-22H2,2H3,(H,29,31)/t26-/m0/s1. The van der Waals surface area contributed by atoms with E-state index in [0.29, 0.717) is 12.5 Å². The van der Waals surface area contributed by atoms with Crippen LogP contribution in [0.4, 0.5) is 4.79 Å². The van der Waals surface area contributed by atoms with Crippen molar-refractivity contribution in [3.63, 3.8) is 0 Å². The van der Waals surface area contributed by atoms with Crippen LogP contribution in [0.3, 0.4) is 0 Å². The first-order valence-corrected chi connectivity index (χ1v) is 13.6. The summed E-state index contributed by atoms with van der Waals surface area (Å²) in [7, 11) is -1.61. The van der Waals surface area contributed by atoms with Crippen LogP contribution in [0, 0.1) is 0 Å². The largest absolute Gasteiger partial charge is 0.467 e. The minimum atomic E-state index is -2.92. The van der Waals surface area contributed by atoms with Crippen molar-refractivity contribution in [2.45, 2.75) is 25.2 Å². The molecule has 0 saturated carbocycles. The second-order valence-corrected chi connectivity index (χ2v) is 11.5. The molecule has 1 amide bonds. The van der Waals surface area contributed by atoms with Gasteiger partial charge in [0.15, 0.2) is 6.10 Å². The second-order valence-electron chi connectivity index (χ2n) is 7.96. The molecule has 6 nitrogen and oxygen atoms in total. The van der Waals surface area contributed by atoms with Crippen molar-refractivity contribution in [3.05, 3.63) is 109 Å². The molecular weight excluding hydrogens is 458 g/mol. The third-order valence-electron chi connectivity index (χ3n) is 5.63. The van der Waals surface area contributed by atoms with Gasteiger partial charge in [0, 0.05) is 0 Å². The maximum atomic E-state index is 12.8. The Morgan fingerprint density at radius 3 is 1.97 bits per heavy atom. The lowest BCUT2D eigenvalue weighted by Gasteiger charge is -2.35. The summed E-state index contributed by atoms with van der Waals surface area (Å²) in [6.45, 7) is 3.93. The SMILES string of the molecule is C=CCC[Si](O[C@@H](CNC(=O)OCc1ccccc1)C(=O)OC)(c1ccccc1)c1ccccc1. The molecule has 0 aliphatic carbocycles. The van der Waals surface area contributed by atoms with Gasteiger partial charge in [0.25, 0.3) is 8.32 Å².